The van der Waals surface area contributed by atoms with Gasteiger partial charge < -0.3 is 5.32 Å². The molecule has 46 valence electrons. The molecule has 0 aliphatic heterocycles. The van der Waals surface area contributed by atoms with Crippen molar-refractivity contribution in [2.75, 3.05) is 13.6 Å². The Kier molecular flexibility index (Phi) is 4.39. The van der Waals surface area contributed by atoms with Crippen molar-refractivity contribution >= 4 is 0 Å². The van der Waals surface area contributed by atoms with Crippen LogP contribution in [0.5, 0.6) is 0 Å². The molecule has 0 aromatic heterocycles. The average Bonchev–Trinajstić information content (AvgIpc) is 1.68. The van der Waals surface area contributed by atoms with Crippen molar-refractivity contribution in [3.63, 3.8) is 0 Å². The van der Waals surface area contributed by atoms with Gasteiger partial charge in [-0.05, 0) is 19.5 Å². The minimum atomic E-state index is 0.616. The molecular weight excluding hydrogens is 98.1 g/mol. The van der Waals surface area contributed by atoms with Gasteiger partial charge in [-0.15, -0.1) is 12.3 Å². The number of hydrogen-bond acceptors (Lipinski definition) is 1. The SMILES string of the molecule is C#CC[C@H](C)CNC. The standard InChI is InChI=1S/C7H13N/c1-4-5-7(2)6-8-3/h1,7-8H,5-6H2,2-3H3/t7-/m0/s1. The molecule has 1 heteroatoms. The van der Waals surface area contributed by atoms with Gasteiger partial charge in [-0.1, -0.05) is 6.92 Å². The van der Waals surface area contributed by atoms with Gasteiger partial charge in [0.05, 0.1) is 0 Å². The van der Waals surface area contributed by atoms with E-state index in [4.69, 9.17) is 6.42 Å². The Morgan fingerprint density at radius 2 is 2.38 bits per heavy atom. The van der Waals surface area contributed by atoms with Crippen LogP contribution in [0.2, 0.25) is 0 Å². The summed E-state index contributed by atoms with van der Waals surface area (Å²) >= 11 is 0. The van der Waals surface area contributed by atoms with Crippen LogP contribution in [-0.4, -0.2) is 13.6 Å². The van der Waals surface area contributed by atoms with Crippen LogP contribution in [0.15, 0.2) is 0 Å². The van der Waals surface area contributed by atoms with E-state index in [2.05, 4.69) is 18.2 Å². The minimum Gasteiger partial charge on any atom is -0.319 e. The zero-order valence-electron chi connectivity index (χ0n) is 5.57. The fraction of sp³-hybridized carbons (Fsp3) is 0.714. The van der Waals surface area contributed by atoms with Gasteiger partial charge in [0.1, 0.15) is 0 Å². The summed E-state index contributed by atoms with van der Waals surface area (Å²) in [6.45, 7) is 3.15. The highest BCUT2D eigenvalue weighted by Gasteiger charge is 1.94. The van der Waals surface area contributed by atoms with E-state index in [0.717, 1.165) is 13.0 Å². The molecule has 0 aliphatic rings. The Balaban J connectivity index is 3.08. The molecule has 0 bridgehead atoms. The number of nitrogens with one attached hydrogen (secondary N) is 1. The first kappa shape index (κ1) is 7.52. The van der Waals surface area contributed by atoms with Crippen LogP contribution in [0.3, 0.4) is 0 Å². The van der Waals surface area contributed by atoms with E-state index in [1.807, 2.05) is 7.05 Å². The molecule has 1 N–H and O–H groups in total. The molecule has 0 saturated carbocycles. The second kappa shape index (κ2) is 4.67. The lowest BCUT2D eigenvalue weighted by atomic mass is 10.1. The van der Waals surface area contributed by atoms with Crippen molar-refractivity contribution in [1.82, 2.24) is 5.32 Å². The summed E-state index contributed by atoms with van der Waals surface area (Å²) in [6.07, 6.45) is 5.96. The molecule has 0 amide bonds. The summed E-state index contributed by atoms with van der Waals surface area (Å²) in [5.41, 5.74) is 0. The van der Waals surface area contributed by atoms with Crippen molar-refractivity contribution in [3.8, 4) is 12.3 Å². The lowest BCUT2D eigenvalue weighted by Crippen LogP contribution is -2.15. The Bertz CT molecular complexity index is 80.9. The second-order valence-electron chi connectivity index (χ2n) is 2.07. The molecule has 1 nitrogen and oxygen atoms in total. The Labute approximate surface area is 51.5 Å². The third kappa shape index (κ3) is 3.70. The second-order valence-corrected chi connectivity index (χ2v) is 2.07. The molecular formula is C7H13N. The van der Waals surface area contributed by atoms with E-state index < -0.39 is 0 Å². The molecule has 0 spiro atoms. The van der Waals surface area contributed by atoms with E-state index in [1.165, 1.54) is 0 Å². The largest absolute Gasteiger partial charge is 0.319 e. The maximum Gasteiger partial charge on any atom is 0.0124 e. The van der Waals surface area contributed by atoms with Crippen molar-refractivity contribution in [1.29, 1.82) is 0 Å². The Morgan fingerprint density at radius 1 is 1.75 bits per heavy atom. The molecule has 0 unspecified atom stereocenters. The predicted molar refractivity (Wildman–Crippen MR) is 36.5 cm³/mol. The molecule has 1 atom stereocenters. The zero-order chi connectivity index (χ0) is 6.41. The summed E-state index contributed by atoms with van der Waals surface area (Å²) in [4.78, 5) is 0. The highest BCUT2D eigenvalue weighted by molar-refractivity contribution is 4.85. The van der Waals surface area contributed by atoms with Crippen LogP contribution in [-0.2, 0) is 0 Å². The molecule has 0 radical (unpaired) electrons. The predicted octanol–water partition coefficient (Wildman–Crippen LogP) is 0.865. The van der Waals surface area contributed by atoms with Gasteiger partial charge in [0.2, 0.25) is 0 Å². The van der Waals surface area contributed by atoms with Gasteiger partial charge in [-0.3, -0.25) is 0 Å². The van der Waals surface area contributed by atoms with Crippen molar-refractivity contribution < 1.29 is 0 Å². The van der Waals surface area contributed by atoms with Gasteiger partial charge in [0, 0.05) is 6.42 Å². The van der Waals surface area contributed by atoms with Crippen LogP contribution in [0.1, 0.15) is 13.3 Å². The monoisotopic (exact) mass is 111 g/mol. The summed E-state index contributed by atoms with van der Waals surface area (Å²) in [5.74, 6) is 3.23. The topological polar surface area (TPSA) is 12.0 Å². The molecule has 0 aliphatic carbocycles. The highest BCUT2D eigenvalue weighted by atomic mass is 14.8. The van der Waals surface area contributed by atoms with Crippen LogP contribution < -0.4 is 5.32 Å². The summed E-state index contributed by atoms with van der Waals surface area (Å²) in [6, 6.07) is 0. The van der Waals surface area contributed by atoms with Gasteiger partial charge in [0.15, 0.2) is 0 Å². The van der Waals surface area contributed by atoms with Crippen molar-refractivity contribution in [2.24, 2.45) is 5.92 Å². The normalized spacial score (nSPS) is 12.6. The van der Waals surface area contributed by atoms with E-state index in [1.54, 1.807) is 0 Å². The van der Waals surface area contributed by atoms with E-state index in [-0.39, 0.29) is 0 Å². The Morgan fingerprint density at radius 3 is 2.75 bits per heavy atom. The van der Waals surface area contributed by atoms with Gasteiger partial charge >= 0.3 is 0 Å². The lowest BCUT2D eigenvalue weighted by Gasteiger charge is -2.03. The first-order valence-corrected chi connectivity index (χ1v) is 2.89. The molecule has 8 heavy (non-hydrogen) atoms. The van der Waals surface area contributed by atoms with Crippen LogP contribution in [0.25, 0.3) is 0 Å². The smallest absolute Gasteiger partial charge is 0.0124 e. The van der Waals surface area contributed by atoms with Gasteiger partial charge in [-0.25, -0.2) is 0 Å². The number of rotatable bonds is 3. The van der Waals surface area contributed by atoms with Gasteiger partial charge in [-0.2, -0.15) is 0 Å². The van der Waals surface area contributed by atoms with Crippen molar-refractivity contribution in [2.45, 2.75) is 13.3 Å². The molecule has 0 aromatic carbocycles. The summed E-state index contributed by atoms with van der Waals surface area (Å²) < 4.78 is 0. The minimum absolute atomic E-state index is 0.616. The molecule has 0 rings (SSSR count). The van der Waals surface area contributed by atoms with Gasteiger partial charge in [0.25, 0.3) is 0 Å². The fourth-order valence-corrected chi connectivity index (χ4v) is 0.622. The molecule has 0 saturated heterocycles. The first-order valence-electron chi connectivity index (χ1n) is 2.89. The third-order valence-corrected chi connectivity index (χ3v) is 1.02. The van der Waals surface area contributed by atoms with E-state index in [9.17, 15) is 0 Å². The number of hydrogen-bond donors (Lipinski definition) is 1. The van der Waals surface area contributed by atoms with Crippen molar-refractivity contribution in [3.05, 3.63) is 0 Å². The summed E-state index contributed by atoms with van der Waals surface area (Å²) in [7, 11) is 1.94. The lowest BCUT2D eigenvalue weighted by molar-refractivity contribution is 0.559. The van der Waals surface area contributed by atoms with E-state index in [0.29, 0.717) is 5.92 Å². The zero-order valence-corrected chi connectivity index (χ0v) is 5.57. The van der Waals surface area contributed by atoms with E-state index >= 15 is 0 Å². The molecule has 0 heterocycles. The van der Waals surface area contributed by atoms with Crippen LogP contribution in [0, 0.1) is 18.3 Å². The maximum atomic E-state index is 5.08. The summed E-state index contributed by atoms with van der Waals surface area (Å²) in [5, 5.41) is 3.06. The average molecular weight is 111 g/mol. The third-order valence-electron chi connectivity index (χ3n) is 1.02. The highest BCUT2D eigenvalue weighted by Crippen LogP contribution is 1.95. The molecule has 0 aromatic rings. The first-order chi connectivity index (χ1) is 3.81. The maximum absolute atomic E-state index is 5.08. The quantitative estimate of drug-likeness (QED) is 0.533. The Hall–Kier alpha value is -0.480. The fourth-order valence-electron chi connectivity index (χ4n) is 0.622. The molecule has 0 fully saturated rings. The van der Waals surface area contributed by atoms with Crippen LogP contribution in [0.4, 0.5) is 0 Å². The van der Waals surface area contributed by atoms with Crippen LogP contribution >= 0.6 is 0 Å². The number of terminal acetylenes is 1.